The van der Waals surface area contributed by atoms with Crippen molar-refractivity contribution in [3.63, 3.8) is 0 Å². The lowest BCUT2D eigenvalue weighted by molar-refractivity contribution is 0.383. The highest BCUT2D eigenvalue weighted by Crippen LogP contribution is 2.38. The molecule has 0 N–H and O–H groups in total. The van der Waals surface area contributed by atoms with Crippen LogP contribution in [0.5, 0.6) is 0 Å². The summed E-state index contributed by atoms with van der Waals surface area (Å²) >= 11 is 0. The Kier molecular flexibility index (Phi) is 3.82. The zero-order chi connectivity index (χ0) is 15.9. The topological polar surface area (TPSA) is 63.4 Å². The number of benzene rings is 1. The summed E-state index contributed by atoms with van der Waals surface area (Å²) < 4.78 is 32.8. The lowest BCUT2D eigenvalue weighted by Gasteiger charge is -2.25. The van der Waals surface area contributed by atoms with Gasteiger partial charge in [-0.1, -0.05) is 29.4 Å². The summed E-state index contributed by atoms with van der Waals surface area (Å²) in [4.78, 5) is 0.216. The molecule has 1 atom stereocenters. The van der Waals surface area contributed by atoms with Crippen LogP contribution >= 0.6 is 0 Å². The molecule has 118 valence electrons. The van der Waals surface area contributed by atoms with E-state index in [2.05, 4.69) is 5.16 Å². The molecule has 0 unspecified atom stereocenters. The summed E-state index contributed by atoms with van der Waals surface area (Å²) in [5.74, 6) is 0.355. The minimum Gasteiger partial charge on any atom is -0.360 e. The summed E-state index contributed by atoms with van der Waals surface area (Å²) in [5, 5.41) is 3.79. The predicted molar refractivity (Wildman–Crippen MR) is 83.0 cm³/mol. The second-order valence-electron chi connectivity index (χ2n) is 5.78. The molecule has 0 bridgehead atoms. The van der Waals surface area contributed by atoms with Gasteiger partial charge in [-0.2, -0.15) is 4.31 Å². The first kappa shape index (κ1) is 15.2. The molecular formula is C16H20N2O3S. The molecule has 2 aromatic rings. The summed E-state index contributed by atoms with van der Waals surface area (Å²) in [6.07, 6.45) is 1.70. The first-order valence-electron chi connectivity index (χ1n) is 7.43. The largest absolute Gasteiger partial charge is 0.360 e. The van der Waals surface area contributed by atoms with Gasteiger partial charge in [0.15, 0.2) is 5.76 Å². The van der Waals surface area contributed by atoms with Crippen molar-refractivity contribution in [1.29, 1.82) is 0 Å². The quantitative estimate of drug-likeness (QED) is 0.871. The number of rotatable bonds is 3. The molecule has 1 saturated heterocycles. The second-order valence-corrected chi connectivity index (χ2v) is 7.61. The summed E-state index contributed by atoms with van der Waals surface area (Å²) in [6.45, 7) is 5.87. The predicted octanol–water partition coefficient (Wildman–Crippen LogP) is 3.13. The Morgan fingerprint density at radius 2 is 1.95 bits per heavy atom. The summed E-state index contributed by atoms with van der Waals surface area (Å²) in [5.41, 5.74) is 2.62. The van der Waals surface area contributed by atoms with Gasteiger partial charge in [0, 0.05) is 6.54 Å². The lowest BCUT2D eigenvalue weighted by Crippen LogP contribution is -2.31. The number of aromatic nitrogens is 1. The second kappa shape index (κ2) is 5.52. The zero-order valence-corrected chi connectivity index (χ0v) is 13.9. The van der Waals surface area contributed by atoms with Crippen LogP contribution in [0.15, 0.2) is 33.7 Å². The van der Waals surface area contributed by atoms with Crippen LogP contribution in [0.25, 0.3) is 0 Å². The van der Waals surface area contributed by atoms with Gasteiger partial charge in [0.1, 0.15) is 10.6 Å². The van der Waals surface area contributed by atoms with Gasteiger partial charge < -0.3 is 4.52 Å². The minimum absolute atomic E-state index is 0.111. The van der Waals surface area contributed by atoms with E-state index in [4.69, 9.17) is 4.52 Å². The molecule has 1 aromatic carbocycles. The van der Waals surface area contributed by atoms with Crippen molar-refractivity contribution < 1.29 is 12.9 Å². The number of nitrogens with zero attached hydrogens (tertiary/aromatic N) is 2. The van der Waals surface area contributed by atoms with E-state index in [1.165, 1.54) is 0 Å². The molecule has 0 radical (unpaired) electrons. The molecule has 1 fully saturated rings. The Labute approximate surface area is 131 Å². The molecule has 0 saturated carbocycles. The average Bonchev–Trinajstić information content (AvgIpc) is 3.07. The maximum absolute atomic E-state index is 13.1. The summed E-state index contributed by atoms with van der Waals surface area (Å²) in [7, 11) is -3.59. The zero-order valence-electron chi connectivity index (χ0n) is 13.0. The molecule has 6 heteroatoms. The van der Waals surface area contributed by atoms with E-state index in [1.54, 1.807) is 18.2 Å². The number of hydrogen-bond donors (Lipinski definition) is 0. The molecule has 22 heavy (non-hydrogen) atoms. The van der Waals surface area contributed by atoms with Gasteiger partial charge in [0.2, 0.25) is 10.0 Å². The summed E-state index contributed by atoms with van der Waals surface area (Å²) in [6, 6.07) is 7.86. The lowest BCUT2D eigenvalue weighted by atomic mass is 10.0. The molecule has 1 aliphatic heterocycles. The van der Waals surface area contributed by atoms with Gasteiger partial charge in [-0.15, -0.1) is 0 Å². The monoisotopic (exact) mass is 320 g/mol. The molecule has 3 rings (SSSR count). The molecule has 1 aliphatic rings. The average molecular weight is 320 g/mol. The van der Waals surface area contributed by atoms with E-state index >= 15 is 0 Å². The van der Waals surface area contributed by atoms with Gasteiger partial charge in [0.05, 0.1) is 6.04 Å². The van der Waals surface area contributed by atoms with Crippen molar-refractivity contribution in [2.24, 2.45) is 0 Å². The van der Waals surface area contributed by atoms with E-state index < -0.39 is 10.0 Å². The Morgan fingerprint density at radius 1 is 1.23 bits per heavy atom. The van der Waals surface area contributed by atoms with Gasteiger partial charge in [-0.05, 0) is 44.7 Å². The fourth-order valence-corrected chi connectivity index (χ4v) is 5.23. The van der Waals surface area contributed by atoms with Gasteiger partial charge in [-0.3, -0.25) is 0 Å². The van der Waals surface area contributed by atoms with E-state index in [0.717, 1.165) is 24.0 Å². The van der Waals surface area contributed by atoms with E-state index in [1.807, 2.05) is 31.2 Å². The van der Waals surface area contributed by atoms with Crippen molar-refractivity contribution in [3.8, 4) is 0 Å². The van der Waals surface area contributed by atoms with Crippen LogP contribution in [0.1, 0.15) is 41.5 Å². The number of aryl methyl sites for hydroxylation is 3. The third-order valence-corrected chi connectivity index (χ3v) is 6.44. The highest BCUT2D eigenvalue weighted by atomic mass is 32.2. The highest BCUT2D eigenvalue weighted by Gasteiger charge is 2.39. The van der Waals surface area contributed by atoms with Crippen LogP contribution in [-0.4, -0.2) is 24.4 Å². The molecule has 2 heterocycles. The Hall–Kier alpha value is -1.66. The SMILES string of the molecule is Cc1ccccc1[C@@H]1CCCN1S(=O)(=O)c1c(C)noc1C. The molecule has 0 amide bonds. The first-order chi connectivity index (χ1) is 10.4. The van der Waals surface area contributed by atoms with Crippen molar-refractivity contribution in [3.05, 3.63) is 46.8 Å². The normalized spacial score (nSPS) is 19.7. The molecule has 5 nitrogen and oxygen atoms in total. The Bertz CT molecular complexity index is 776. The Morgan fingerprint density at radius 3 is 2.59 bits per heavy atom. The van der Waals surface area contributed by atoms with Crippen molar-refractivity contribution in [1.82, 2.24) is 9.46 Å². The maximum atomic E-state index is 13.1. The van der Waals surface area contributed by atoms with Crippen LogP contribution in [0, 0.1) is 20.8 Å². The maximum Gasteiger partial charge on any atom is 0.249 e. The smallest absolute Gasteiger partial charge is 0.249 e. The van der Waals surface area contributed by atoms with Gasteiger partial charge in [0.25, 0.3) is 0 Å². The van der Waals surface area contributed by atoms with Crippen molar-refractivity contribution >= 4 is 10.0 Å². The van der Waals surface area contributed by atoms with Crippen LogP contribution in [-0.2, 0) is 10.0 Å². The Balaban J connectivity index is 2.06. The van der Waals surface area contributed by atoms with Crippen LogP contribution in [0.4, 0.5) is 0 Å². The molecule has 0 aliphatic carbocycles. The molecule has 1 aromatic heterocycles. The highest BCUT2D eigenvalue weighted by molar-refractivity contribution is 7.89. The minimum atomic E-state index is -3.59. The number of sulfonamides is 1. The van der Waals surface area contributed by atoms with Crippen LogP contribution in [0.2, 0.25) is 0 Å². The number of hydrogen-bond acceptors (Lipinski definition) is 4. The van der Waals surface area contributed by atoms with E-state index in [0.29, 0.717) is 18.0 Å². The first-order valence-corrected chi connectivity index (χ1v) is 8.87. The van der Waals surface area contributed by atoms with Crippen molar-refractivity contribution in [2.45, 2.75) is 44.6 Å². The third kappa shape index (κ3) is 2.36. The van der Waals surface area contributed by atoms with E-state index in [9.17, 15) is 8.42 Å². The van der Waals surface area contributed by atoms with Gasteiger partial charge >= 0.3 is 0 Å². The van der Waals surface area contributed by atoms with Gasteiger partial charge in [-0.25, -0.2) is 8.42 Å². The molecular weight excluding hydrogens is 300 g/mol. The molecule has 0 spiro atoms. The fourth-order valence-electron chi connectivity index (χ4n) is 3.26. The van der Waals surface area contributed by atoms with Crippen molar-refractivity contribution in [2.75, 3.05) is 6.54 Å². The fraction of sp³-hybridized carbons (Fsp3) is 0.438. The van der Waals surface area contributed by atoms with Crippen LogP contribution < -0.4 is 0 Å². The standard InChI is InChI=1S/C16H20N2O3S/c1-11-7-4-5-8-14(11)15-9-6-10-18(15)22(19,20)16-12(2)17-21-13(16)3/h4-5,7-8,15H,6,9-10H2,1-3H3/t15-/m0/s1. The van der Waals surface area contributed by atoms with E-state index in [-0.39, 0.29) is 10.9 Å². The third-order valence-electron chi connectivity index (χ3n) is 4.29. The van der Waals surface area contributed by atoms with Crippen LogP contribution in [0.3, 0.4) is 0 Å².